The minimum absolute atomic E-state index is 0.0635. The first kappa shape index (κ1) is 19.8. The van der Waals surface area contributed by atoms with Crippen LogP contribution in [0.5, 0.6) is 5.75 Å². The zero-order valence-corrected chi connectivity index (χ0v) is 15.2. The molecule has 2 amide bonds. The number of nitrogens with one attached hydrogen (secondary N) is 1. The summed E-state index contributed by atoms with van der Waals surface area (Å²) >= 11 is 0. The lowest BCUT2D eigenvalue weighted by Crippen LogP contribution is -2.45. The standard InChI is InChI=1S/C20H23N3O5/c21-16(20(27)22-28)10-18(26)23(11-12-4-3-6-14(24)8-12)19-15-7-2-1-5-13(15)9-17(19)25/h1-8,16-17,19,24-25,28H,9-11,21H2,(H,22,27)/t16-,17+,19-/m0/s1. The largest absolute Gasteiger partial charge is 0.508 e. The maximum atomic E-state index is 13.0. The summed E-state index contributed by atoms with van der Waals surface area (Å²) < 4.78 is 0. The van der Waals surface area contributed by atoms with E-state index in [1.165, 1.54) is 22.5 Å². The zero-order valence-electron chi connectivity index (χ0n) is 15.2. The van der Waals surface area contributed by atoms with E-state index >= 15 is 0 Å². The molecular weight excluding hydrogens is 362 g/mol. The molecule has 3 atom stereocenters. The second-order valence-electron chi connectivity index (χ2n) is 6.89. The van der Waals surface area contributed by atoms with Crippen molar-refractivity contribution in [3.8, 4) is 5.75 Å². The van der Waals surface area contributed by atoms with Gasteiger partial charge in [-0.1, -0.05) is 36.4 Å². The van der Waals surface area contributed by atoms with E-state index in [1.54, 1.807) is 12.1 Å². The molecule has 8 heteroatoms. The quantitative estimate of drug-likeness (QED) is 0.365. The third-order valence-electron chi connectivity index (χ3n) is 4.93. The van der Waals surface area contributed by atoms with E-state index in [0.717, 1.165) is 11.1 Å². The number of phenols is 1. The van der Waals surface area contributed by atoms with E-state index in [1.807, 2.05) is 24.3 Å². The van der Waals surface area contributed by atoms with Gasteiger partial charge in [-0.05, 0) is 28.8 Å². The Labute approximate surface area is 162 Å². The van der Waals surface area contributed by atoms with Gasteiger partial charge in [-0.2, -0.15) is 0 Å². The van der Waals surface area contributed by atoms with Crippen LogP contribution in [-0.2, 0) is 22.6 Å². The minimum atomic E-state index is -1.22. The zero-order chi connectivity index (χ0) is 20.3. The van der Waals surface area contributed by atoms with Crippen molar-refractivity contribution >= 4 is 11.8 Å². The molecule has 0 unspecified atom stereocenters. The van der Waals surface area contributed by atoms with Gasteiger partial charge < -0.3 is 20.8 Å². The number of carbonyl (C=O) groups excluding carboxylic acids is 2. The molecule has 0 aliphatic heterocycles. The van der Waals surface area contributed by atoms with Crippen LogP contribution in [0.1, 0.15) is 29.2 Å². The number of aliphatic hydroxyl groups excluding tert-OH is 1. The van der Waals surface area contributed by atoms with Crippen LogP contribution in [0.3, 0.4) is 0 Å². The summed E-state index contributed by atoms with van der Waals surface area (Å²) in [5.41, 5.74) is 9.59. The fourth-order valence-electron chi connectivity index (χ4n) is 3.60. The predicted molar refractivity (Wildman–Crippen MR) is 100 cm³/mol. The molecule has 0 heterocycles. The average Bonchev–Trinajstić information content (AvgIpc) is 3.00. The van der Waals surface area contributed by atoms with E-state index in [-0.39, 0.29) is 18.7 Å². The van der Waals surface area contributed by atoms with Crippen LogP contribution in [-0.4, -0.2) is 44.3 Å². The summed E-state index contributed by atoms with van der Waals surface area (Å²) in [6, 6.07) is 12.1. The van der Waals surface area contributed by atoms with Gasteiger partial charge >= 0.3 is 0 Å². The number of fused-ring (bicyclic) bond motifs is 1. The monoisotopic (exact) mass is 385 g/mol. The normalized spacial score (nSPS) is 19.0. The van der Waals surface area contributed by atoms with Gasteiger partial charge in [-0.3, -0.25) is 14.8 Å². The Hall–Kier alpha value is -2.94. The van der Waals surface area contributed by atoms with E-state index in [9.17, 15) is 19.8 Å². The van der Waals surface area contributed by atoms with Gasteiger partial charge in [-0.25, -0.2) is 5.48 Å². The maximum Gasteiger partial charge on any atom is 0.260 e. The van der Waals surface area contributed by atoms with Gasteiger partial charge in [0.25, 0.3) is 5.91 Å². The number of hydroxylamine groups is 1. The maximum absolute atomic E-state index is 13.0. The van der Waals surface area contributed by atoms with Crippen LogP contribution in [0.15, 0.2) is 48.5 Å². The first-order valence-electron chi connectivity index (χ1n) is 8.93. The highest BCUT2D eigenvalue weighted by Crippen LogP contribution is 2.37. The lowest BCUT2D eigenvalue weighted by Gasteiger charge is -2.33. The van der Waals surface area contributed by atoms with Crippen molar-refractivity contribution in [1.29, 1.82) is 0 Å². The van der Waals surface area contributed by atoms with Gasteiger partial charge in [0, 0.05) is 13.0 Å². The number of benzene rings is 2. The molecule has 0 radical (unpaired) electrons. The highest BCUT2D eigenvalue weighted by molar-refractivity contribution is 5.87. The van der Waals surface area contributed by atoms with E-state index < -0.39 is 30.0 Å². The van der Waals surface area contributed by atoms with Gasteiger partial charge in [0.05, 0.1) is 24.6 Å². The Balaban J connectivity index is 1.92. The van der Waals surface area contributed by atoms with Crippen molar-refractivity contribution in [3.05, 3.63) is 65.2 Å². The number of carbonyl (C=O) groups is 2. The number of nitrogens with two attached hydrogens (primary N) is 1. The van der Waals surface area contributed by atoms with Gasteiger partial charge in [0.15, 0.2) is 0 Å². The molecule has 3 rings (SSSR count). The van der Waals surface area contributed by atoms with Crippen molar-refractivity contribution in [3.63, 3.8) is 0 Å². The molecule has 2 aromatic rings. The lowest BCUT2D eigenvalue weighted by molar-refractivity contribution is -0.140. The Morgan fingerprint density at radius 3 is 2.68 bits per heavy atom. The van der Waals surface area contributed by atoms with Crippen molar-refractivity contribution < 1.29 is 25.0 Å². The van der Waals surface area contributed by atoms with Crippen molar-refractivity contribution in [1.82, 2.24) is 10.4 Å². The molecule has 148 valence electrons. The summed E-state index contributed by atoms with van der Waals surface area (Å²) in [5.74, 6) is -1.24. The number of nitrogens with zero attached hydrogens (tertiary/aromatic N) is 1. The Kier molecular flexibility index (Phi) is 5.93. The first-order valence-corrected chi connectivity index (χ1v) is 8.93. The van der Waals surface area contributed by atoms with Crippen LogP contribution >= 0.6 is 0 Å². The number of aliphatic hydroxyl groups is 1. The van der Waals surface area contributed by atoms with Crippen molar-refractivity contribution in [2.24, 2.45) is 5.73 Å². The molecule has 6 N–H and O–H groups in total. The fraction of sp³-hybridized carbons (Fsp3) is 0.300. The molecule has 0 fully saturated rings. The second kappa shape index (κ2) is 8.39. The Bertz CT molecular complexity index is 872. The molecule has 2 aromatic carbocycles. The molecule has 8 nitrogen and oxygen atoms in total. The summed E-state index contributed by atoms with van der Waals surface area (Å²) in [7, 11) is 0. The van der Waals surface area contributed by atoms with Gasteiger partial charge in [0.2, 0.25) is 5.91 Å². The van der Waals surface area contributed by atoms with Crippen LogP contribution in [0, 0.1) is 0 Å². The van der Waals surface area contributed by atoms with Crippen LogP contribution in [0.4, 0.5) is 0 Å². The van der Waals surface area contributed by atoms with Crippen LogP contribution < -0.4 is 11.2 Å². The number of hydrogen-bond acceptors (Lipinski definition) is 6. The molecule has 0 aromatic heterocycles. The summed E-state index contributed by atoms with van der Waals surface area (Å²) in [5, 5.41) is 29.1. The SMILES string of the molecule is N[C@@H](CC(=O)N(Cc1cccc(O)c1)[C@H]1c2ccccc2C[C@H]1O)C(=O)NO. The van der Waals surface area contributed by atoms with Crippen molar-refractivity contribution in [2.75, 3.05) is 0 Å². The van der Waals surface area contributed by atoms with Crippen LogP contribution in [0.25, 0.3) is 0 Å². The molecule has 0 spiro atoms. The number of amides is 2. The molecule has 0 saturated heterocycles. The van der Waals surface area contributed by atoms with Gasteiger partial charge in [0.1, 0.15) is 5.75 Å². The van der Waals surface area contributed by atoms with E-state index in [0.29, 0.717) is 12.0 Å². The van der Waals surface area contributed by atoms with E-state index in [4.69, 9.17) is 10.9 Å². The molecule has 28 heavy (non-hydrogen) atoms. The second-order valence-corrected chi connectivity index (χ2v) is 6.89. The van der Waals surface area contributed by atoms with Gasteiger partial charge in [-0.15, -0.1) is 0 Å². The smallest absolute Gasteiger partial charge is 0.260 e. The first-order chi connectivity index (χ1) is 13.4. The number of aromatic hydroxyl groups is 1. The van der Waals surface area contributed by atoms with Crippen LogP contribution in [0.2, 0.25) is 0 Å². The molecule has 1 aliphatic carbocycles. The summed E-state index contributed by atoms with van der Waals surface area (Å²) in [6.45, 7) is 0.122. The number of rotatable bonds is 6. The third-order valence-corrected chi connectivity index (χ3v) is 4.93. The third kappa shape index (κ3) is 4.14. The predicted octanol–water partition coefficient (Wildman–Crippen LogP) is 0.602. The molecular formula is C20H23N3O5. The summed E-state index contributed by atoms with van der Waals surface area (Å²) in [4.78, 5) is 26.0. The molecule has 0 saturated carbocycles. The van der Waals surface area contributed by atoms with E-state index in [2.05, 4.69) is 0 Å². The number of phenolic OH excluding ortho intramolecular Hbond substituents is 1. The fourth-order valence-corrected chi connectivity index (χ4v) is 3.60. The summed E-state index contributed by atoms with van der Waals surface area (Å²) in [6.07, 6.45) is -0.730. The molecule has 0 bridgehead atoms. The Morgan fingerprint density at radius 2 is 1.96 bits per heavy atom. The lowest BCUT2D eigenvalue weighted by atomic mass is 10.0. The highest BCUT2D eigenvalue weighted by Gasteiger charge is 2.38. The van der Waals surface area contributed by atoms with Crippen molar-refractivity contribution in [2.45, 2.75) is 37.6 Å². The minimum Gasteiger partial charge on any atom is -0.508 e. The molecule has 1 aliphatic rings. The number of hydrogen-bond donors (Lipinski definition) is 5. The topological polar surface area (TPSA) is 136 Å². The Morgan fingerprint density at radius 1 is 1.21 bits per heavy atom. The average molecular weight is 385 g/mol. The highest BCUT2D eigenvalue weighted by atomic mass is 16.5.